The van der Waals surface area contributed by atoms with Gasteiger partial charge in [-0.3, -0.25) is 9.59 Å². The Morgan fingerprint density at radius 1 is 1.12 bits per heavy atom. The molecule has 0 aromatic heterocycles. The summed E-state index contributed by atoms with van der Waals surface area (Å²) in [6.07, 6.45) is 0. The molecule has 0 rings (SSSR count). The summed E-state index contributed by atoms with van der Waals surface area (Å²) in [5.74, 6) is -1.12. The van der Waals surface area contributed by atoms with E-state index in [1.54, 1.807) is 0 Å². The summed E-state index contributed by atoms with van der Waals surface area (Å²) in [6, 6.07) is 0. The maximum Gasteiger partial charge on any atom is 0.310 e. The second kappa shape index (κ2) is 5.38. The largest absolute Gasteiger partial charge is 0.394 e. The number of ether oxygens (including phenoxy) is 1. The summed E-state index contributed by atoms with van der Waals surface area (Å²) in [6.45, 7) is 2.36. The van der Waals surface area contributed by atoms with E-state index < -0.39 is 11.9 Å². The van der Waals surface area contributed by atoms with Crippen molar-refractivity contribution in [3.8, 4) is 0 Å². The van der Waals surface area contributed by atoms with E-state index in [-0.39, 0.29) is 32.7 Å². The van der Waals surface area contributed by atoms with Crippen molar-refractivity contribution in [2.24, 2.45) is 0 Å². The van der Waals surface area contributed by atoms with Crippen molar-refractivity contribution in [3.05, 3.63) is 0 Å². The van der Waals surface area contributed by atoms with E-state index in [9.17, 15) is 9.59 Å². The molecule has 0 atom stereocenters. The van der Waals surface area contributed by atoms with Crippen LogP contribution in [0.15, 0.2) is 0 Å². The normalized spacial score (nSPS) is 6.75. The minimum absolute atomic E-state index is 0. The minimum atomic E-state index is -0.562. The Kier molecular flexibility index (Phi) is 7.46. The first-order chi connectivity index (χ1) is 3.13. The zero-order chi connectivity index (χ0) is 5.86. The monoisotopic (exact) mass is 191 g/mol. The van der Waals surface area contributed by atoms with Crippen LogP contribution in [-0.4, -0.2) is 11.9 Å². The third-order valence-corrected chi connectivity index (χ3v) is 0.287. The zero-order valence-electron chi connectivity index (χ0n) is 4.80. The molecule has 0 aromatic rings. The average Bonchev–Trinajstić information content (AvgIpc) is 1.27. The number of hydrogen-bond acceptors (Lipinski definition) is 3. The zero-order valence-corrected chi connectivity index (χ0v) is 7.64. The standard InChI is InChI=1S/C4H6O3.Y/c1-3(5)7-4(2)6;/h1-2H3;. The summed E-state index contributed by atoms with van der Waals surface area (Å²) in [5, 5.41) is 0. The van der Waals surface area contributed by atoms with E-state index in [0.717, 1.165) is 0 Å². The summed E-state index contributed by atoms with van der Waals surface area (Å²) >= 11 is 0. The van der Waals surface area contributed by atoms with Crippen LogP contribution < -0.4 is 0 Å². The van der Waals surface area contributed by atoms with Gasteiger partial charge in [0.1, 0.15) is 0 Å². The van der Waals surface area contributed by atoms with Gasteiger partial charge in [0.15, 0.2) is 0 Å². The number of rotatable bonds is 0. The summed E-state index contributed by atoms with van der Waals surface area (Å²) in [7, 11) is 0. The quantitative estimate of drug-likeness (QED) is 0.402. The van der Waals surface area contributed by atoms with Gasteiger partial charge in [0, 0.05) is 46.6 Å². The molecule has 3 nitrogen and oxygen atoms in total. The summed E-state index contributed by atoms with van der Waals surface area (Å²) in [5.41, 5.74) is 0. The fraction of sp³-hybridized carbons (Fsp3) is 0.500. The Hall–Kier alpha value is 0.244. The first-order valence-electron chi connectivity index (χ1n) is 1.82. The van der Waals surface area contributed by atoms with Crippen LogP contribution in [0.5, 0.6) is 0 Å². The molecule has 0 aliphatic carbocycles. The number of carbonyl (C=O) groups excluding carboxylic acids is 2. The molecule has 0 aliphatic rings. The van der Waals surface area contributed by atoms with Crippen LogP contribution in [-0.2, 0) is 47.0 Å². The Labute approximate surface area is 72.7 Å². The molecule has 0 N–H and O–H groups in total. The van der Waals surface area contributed by atoms with Gasteiger partial charge in [0.05, 0.1) is 0 Å². The van der Waals surface area contributed by atoms with E-state index in [0.29, 0.717) is 0 Å². The Morgan fingerprint density at radius 3 is 1.38 bits per heavy atom. The molecule has 0 unspecified atom stereocenters. The van der Waals surface area contributed by atoms with Crippen molar-refractivity contribution < 1.29 is 47.0 Å². The molecule has 0 fully saturated rings. The molecule has 0 spiro atoms. The van der Waals surface area contributed by atoms with Gasteiger partial charge in [-0.1, -0.05) is 0 Å². The molecule has 0 bridgehead atoms. The second-order valence-corrected chi connectivity index (χ2v) is 1.09. The Balaban J connectivity index is 0. The molecular formula is C4H6O3Y. The Morgan fingerprint density at radius 2 is 1.38 bits per heavy atom. The molecule has 0 aromatic carbocycles. The van der Waals surface area contributed by atoms with Crippen molar-refractivity contribution in [2.45, 2.75) is 13.8 Å². The van der Waals surface area contributed by atoms with Gasteiger partial charge in [-0.25, -0.2) is 0 Å². The molecule has 43 valence electrons. The summed E-state index contributed by atoms with van der Waals surface area (Å²) in [4.78, 5) is 19.6. The van der Waals surface area contributed by atoms with E-state index in [1.165, 1.54) is 13.8 Å². The molecule has 0 aliphatic heterocycles. The predicted octanol–water partition coefficient (Wildman–Crippen LogP) is 0.0935. The molecule has 4 heteroatoms. The smallest absolute Gasteiger partial charge is 0.310 e. The van der Waals surface area contributed by atoms with Crippen LogP contribution in [0.1, 0.15) is 13.8 Å². The van der Waals surface area contributed by atoms with Gasteiger partial charge in [-0.2, -0.15) is 0 Å². The fourth-order valence-electron chi connectivity index (χ4n) is 0.202. The van der Waals surface area contributed by atoms with Gasteiger partial charge in [-0.05, 0) is 0 Å². The van der Waals surface area contributed by atoms with Gasteiger partial charge in [-0.15, -0.1) is 0 Å². The van der Waals surface area contributed by atoms with Crippen molar-refractivity contribution in [2.75, 3.05) is 0 Å². The predicted molar refractivity (Wildman–Crippen MR) is 22.4 cm³/mol. The third-order valence-electron chi connectivity index (χ3n) is 0.287. The summed E-state index contributed by atoms with van der Waals surface area (Å²) < 4.78 is 3.97. The third kappa shape index (κ3) is 9.53. The molecule has 0 saturated heterocycles. The van der Waals surface area contributed by atoms with E-state index in [1.807, 2.05) is 0 Å². The number of hydrogen-bond donors (Lipinski definition) is 0. The van der Waals surface area contributed by atoms with Gasteiger partial charge >= 0.3 is 11.9 Å². The van der Waals surface area contributed by atoms with E-state index in [2.05, 4.69) is 4.74 Å². The SMILES string of the molecule is CC(=O)OC(C)=O.[Y]. The van der Waals surface area contributed by atoms with Gasteiger partial charge in [0.2, 0.25) is 0 Å². The van der Waals surface area contributed by atoms with Crippen molar-refractivity contribution >= 4 is 11.9 Å². The molecule has 0 amide bonds. The topological polar surface area (TPSA) is 43.4 Å². The average molecular weight is 191 g/mol. The molecular weight excluding hydrogens is 185 g/mol. The number of esters is 2. The molecule has 8 heavy (non-hydrogen) atoms. The fourth-order valence-corrected chi connectivity index (χ4v) is 0.202. The van der Waals surface area contributed by atoms with E-state index >= 15 is 0 Å². The van der Waals surface area contributed by atoms with Crippen LogP contribution in [0, 0.1) is 0 Å². The molecule has 1 radical (unpaired) electrons. The van der Waals surface area contributed by atoms with Gasteiger partial charge < -0.3 is 4.74 Å². The van der Waals surface area contributed by atoms with Crippen LogP contribution >= 0.6 is 0 Å². The van der Waals surface area contributed by atoms with Crippen molar-refractivity contribution in [1.82, 2.24) is 0 Å². The first kappa shape index (κ1) is 11.1. The maximum atomic E-state index is 9.81. The van der Waals surface area contributed by atoms with Crippen LogP contribution in [0.25, 0.3) is 0 Å². The molecule has 0 saturated carbocycles. The van der Waals surface area contributed by atoms with Crippen LogP contribution in [0.4, 0.5) is 0 Å². The molecule has 0 heterocycles. The number of carbonyl (C=O) groups is 2. The van der Waals surface area contributed by atoms with Gasteiger partial charge in [0.25, 0.3) is 0 Å². The van der Waals surface area contributed by atoms with Crippen molar-refractivity contribution in [3.63, 3.8) is 0 Å². The second-order valence-electron chi connectivity index (χ2n) is 1.09. The minimum Gasteiger partial charge on any atom is -0.394 e. The van der Waals surface area contributed by atoms with Crippen molar-refractivity contribution in [1.29, 1.82) is 0 Å². The first-order valence-corrected chi connectivity index (χ1v) is 1.82. The maximum absolute atomic E-state index is 9.81. The Bertz CT molecular complexity index is 87.5. The van der Waals surface area contributed by atoms with Crippen LogP contribution in [0.3, 0.4) is 0 Å². The van der Waals surface area contributed by atoms with E-state index in [4.69, 9.17) is 0 Å². The van der Waals surface area contributed by atoms with Crippen LogP contribution in [0.2, 0.25) is 0 Å².